The van der Waals surface area contributed by atoms with Crippen LogP contribution in [0.4, 0.5) is 5.95 Å². The summed E-state index contributed by atoms with van der Waals surface area (Å²) in [5, 5.41) is 8.79. The third-order valence-corrected chi connectivity index (χ3v) is 5.71. The molecular formula is C19H24ClN7O2. The molecule has 29 heavy (non-hydrogen) atoms. The number of hydrogen-bond acceptors (Lipinski definition) is 8. The van der Waals surface area contributed by atoms with Gasteiger partial charge in [0.25, 0.3) is 0 Å². The normalized spacial score (nSPS) is 24.2. The van der Waals surface area contributed by atoms with Crippen molar-refractivity contribution in [2.24, 2.45) is 16.6 Å². The summed E-state index contributed by atoms with van der Waals surface area (Å²) in [5.74, 6) is 1.15. The van der Waals surface area contributed by atoms with Gasteiger partial charge in [-0.25, -0.2) is 9.67 Å². The molecule has 5 rings (SSSR count). The van der Waals surface area contributed by atoms with Crippen LogP contribution < -0.4 is 11.1 Å². The van der Waals surface area contributed by atoms with Crippen LogP contribution in [0.25, 0.3) is 11.0 Å². The second-order valence-electron chi connectivity index (χ2n) is 7.64. The molecule has 3 aliphatic rings. The predicted molar refractivity (Wildman–Crippen MR) is 110 cm³/mol. The highest BCUT2D eigenvalue weighted by Gasteiger charge is 2.33. The van der Waals surface area contributed by atoms with E-state index in [9.17, 15) is 0 Å². The topological polar surface area (TPSA) is 112 Å². The number of aromatic nitrogens is 4. The summed E-state index contributed by atoms with van der Waals surface area (Å²) in [4.78, 5) is 14.1. The van der Waals surface area contributed by atoms with Crippen molar-refractivity contribution in [3.63, 3.8) is 0 Å². The molecule has 3 N–H and O–H groups in total. The van der Waals surface area contributed by atoms with Crippen LogP contribution in [0.5, 0.6) is 0 Å². The van der Waals surface area contributed by atoms with Gasteiger partial charge in [-0.3, -0.25) is 4.99 Å². The standard InChI is InChI=1S/C19H24ClN7O2/c20-16-13-10-22-19-24-15(14(11-2-3-11)23-12-4-8-28-9-5-12)17(21)29-7-1-6-27(26-16)18(13)25-19/h10-12H,1-9,21H2,(H,22,24,25)/b17-15-,23-14?. The Morgan fingerprint density at radius 3 is 2.86 bits per heavy atom. The highest BCUT2D eigenvalue weighted by molar-refractivity contribution is 6.34. The van der Waals surface area contributed by atoms with Gasteiger partial charge in [-0.2, -0.15) is 10.1 Å². The minimum Gasteiger partial charge on any atom is -0.478 e. The van der Waals surface area contributed by atoms with Crippen LogP contribution in [-0.2, 0) is 16.0 Å². The molecule has 4 heterocycles. The molecule has 0 radical (unpaired) electrons. The lowest BCUT2D eigenvalue weighted by molar-refractivity contribution is 0.0870. The Hall–Kier alpha value is -2.39. The highest BCUT2D eigenvalue weighted by atomic mass is 35.5. The lowest BCUT2D eigenvalue weighted by Gasteiger charge is -2.22. The fraction of sp³-hybridized carbons (Fsp3) is 0.579. The molecule has 2 aliphatic heterocycles. The minimum atomic E-state index is 0.239. The molecule has 2 fully saturated rings. The van der Waals surface area contributed by atoms with Gasteiger partial charge >= 0.3 is 0 Å². The van der Waals surface area contributed by atoms with Gasteiger partial charge in [0, 0.05) is 38.3 Å². The second kappa shape index (κ2) is 7.79. The molecule has 1 aliphatic carbocycles. The van der Waals surface area contributed by atoms with Crippen LogP contribution >= 0.6 is 11.6 Å². The average molecular weight is 418 g/mol. The van der Waals surface area contributed by atoms with Gasteiger partial charge in [-0.05, 0) is 25.7 Å². The van der Waals surface area contributed by atoms with Crippen molar-refractivity contribution >= 4 is 34.3 Å². The Labute approximate surface area is 173 Å². The molecule has 0 atom stereocenters. The molecule has 10 heteroatoms. The Kier molecular flexibility index (Phi) is 5.01. The van der Waals surface area contributed by atoms with E-state index in [1.54, 1.807) is 10.9 Å². The van der Waals surface area contributed by atoms with Crippen LogP contribution in [0.15, 0.2) is 22.8 Å². The van der Waals surface area contributed by atoms with Gasteiger partial charge in [0.05, 0.1) is 23.7 Å². The maximum Gasteiger partial charge on any atom is 0.229 e. The van der Waals surface area contributed by atoms with Crippen LogP contribution in [0.2, 0.25) is 5.15 Å². The van der Waals surface area contributed by atoms with Crippen LogP contribution in [0.3, 0.4) is 0 Å². The first-order chi connectivity index (χ1) is 14.2. The largest absolute Gasteiger partial charge is 0.478 e. The van der Waals surface area contributed by atoms with Gasteiger partial charge in [0.2, 0.25) is 11.8 Å². The number of ether oxygens (including phenoxy) is 2. The van der Waals surface area contributed by atoms with E-state index in [0.29, 0.717) is 47.4 Å². The number of aliphatic imine (C=N–C) groups is 1. The number of halogens is 1. The molecule has 0 spiro atoms. The van der Waals surface area contributed by atoms with Crippen LogP contribution in [0.1, 0.15) is 32.1 Å². The summed E-state index contributed by atoms with van der Waals surface area (Å²) >= 11 is 6.24. The van der Waals surface area contributed by atoms with E-state index < -0.39 is 0 Å². The van der Waals surface area contributed by atoms with Gasteiger partial charge in [-0.1, -0.05) is 11.6 Å². The number of allylic oxidation sites excluding steroid dienone is 1. The fourth-order valence-electron chi connectivity index (χ4n) is 3.71. The SMILES string of the molecule is N/C1=C(\C(=NC2CCOCC2)C2CC2)Nc2ncc3c(Cl)nn(c3n2)CCCO1. The summed E-state index contributed by atoms with van der Waals surface area (Å²) in [6.45, 7) is 2.59. The van der Waals surface area contributed by atoms with Crippen molar-refractivity contribution in [1.29, 1.82) is 0 Å². The summed E-state index contributed by atoms with van der Waals surface area (Å²) < 4.78 is 13.1. The lowest BCUT2D eigenvalue weighted by Crippen LogP contribution is -2.26. The number of hydrogen-bond donors (Lipinski definition) is 2. The third-order valence-electron chi connectivity index (χ3n) is 5.43. The molecule has 2 bridgehead atoms. The van der Waals surface area contributed by atoms with E-state index in [1.807, 2.05) is 0 Å². The van der Waals surface area contributed by atoms with Crippen molar-refractivity contribution in [2.45, 2.75) is 44.7 Å². The quantitative estimate of drug-likeness (QED) is 0.737. The third kappa shape index (κ3) is 3.89. The zero-order valence-corrected chi connectivity index (χ0v) is 16.9. The number of rotatable bonds is 3. The van der Waals surface area contributed by atoms with E-state index in [2.05, 4.69) is 20.4 Å². The Morgan fingerprint density at radius 2 is 2.07 bits per heavy atom. The minimum absolute atomic E-state index is 0.239. The molecule has 0 aromatic carbocycles. The van der Waals surface area contributed by atoms with Gasteiger partial charge in [0.1, 0.15) is 5.70 Å². The lowest BCUT2D eigenvalue weighted by atomic mass is 10.1. The maximum atomic E-state index is 6.37. The smallest absolute Gasteiger partial charge is 0.229 e. The van der Waals surface area contributed by atoms with Gasteiger partial charge in [0.15, 0.2) is 10.8 Å². The van der Waals surface area contributed by atoms with Crippen molar-refractivity contribution in [3.05, 3.63) is 22.9 Å². The average Bonchev–Trinajstić information content (AvgIpc) is 3.53. The van der Waals surface area contributed by atoms with E-state index in [0.717, 1.165) is 56.4 Å². The first-order valence-corrected chi connectivity index (χ1v) is 10.5. The van der Waals surface area contributed by atoms with E-state index in [1.165, 1.54) is 0 Å². The van der Waals surface area contributed by atoms with E-state index >= 15 is 0 Å². The molecule has 154 valence electrons. The molecule has 1 saturated heterocycles. The number of nitrogens with two attached hydrogens (primary N) is 1. The second-order valence-corrected chi connectivity index (χ2v) is 8.00. The number of anilines is 1. The molecule has 0 unspecified atom stereocenters. The van der Waals surface area contributed by atoms with Crippen molar-refractivity contribution in [2.75, 3.05) is 25.1 Å². The van der Waals surface area contributed by atoms with Crippen molar-refractivity contribution in [1.82, 2.24) is 19.7 Å². The van der Waals surface area contributed by atoms with Crippen LogP contribution in [0, 0.1) is 5.92 Å². The Bertz CT molecular complexity index is 976. The monoisotopic (exact) mass is 417 g/mol. The molecule has 2 aromatic rings. The summed E-state index contributed by atoms with van der Waals surface area (Å²) in [6.07, 6.45) is 6.46. The Morgan fingerprint density at radius 1 is 1.24 bits per heavy atom. The van der Waals surface area contributed by atoms with Crippen LogP contribution in [-0.4, -0.2) is 51.3 Å². The number of aryl methyl sites for hydroxylation is 1. The first-order valence-electron chi connectivity index (χ1n) is 10.1. The van der Waals surface area contributed by atoms with Gasteiger partial charge < -0.3 is 20.5 Å². The molecule has 1 saturated carbocycles. The van der Waals surface area contributed by atoms with Crippen molar-refractivity contribution in [3.8, 4) is 0 Å². The number of fused-ring (bicyclic) bond motifs is 1. The first kappa shape index (κ1) is 18.6. The van der Waals surface area contributed by atoms with E-state index in [-0.39, 0.29) is 6.04 Å². The number of nitrogens with one attached hydrogen (secondary N) is 1. The molecule has 2 aromatic heterocycles. The van der Waals surface area contributed by atoms with Gasteiger partial charge in [-0.15, -0.1) is 0 Å². The maximum absolute atomic E-state index is 6.37. The fourth-order valence-corrected chi connectivity index (χ4v) is 3.94. The number of nitrogens with zero attached hydrogens (tertiary/aromatic N) is 5. The zero-order valence-electron chi connectivity index (χ0n) is 16.1. The van der Waals surface area contributed by atoms with E-state index in [4.69, 9.17) is 31.8 Å². The molecular weight excluding hydrogens is 394 g/mol. The van der Waals surface area contributed by atoms with Crippen molar-refractivity contribution < 1.29 is 9.47 Å². The predicted octanol–water partition coefficient (Wildman–Crippen LogP) is 2.47. The Balaban J connectivity index is 1.54. The molecule has 9 nitrogen and oxygen atoms in total. The molecule has 0 amide bonds. The highest BCUT2D eigenvalue weighted by Crippen LogP contribution is 2.35. The summed E-state index contributed by atoms with van der Waals surface area (Å²) in [6, 6.07) is 0.239. The summed E-state index contributed by atoms with van der Waals surface area (Å²) in [5.41, 5.74) is 8.70. The zero-order chi connectivity index (χ0) is 19.8. The summed E-state index contributed by atoms with van der Waals surface area (Å²) in [7, 11) is 0.